The molecule has 0 aromatic rings. The van der Waals surface area contributed by atoms with E-state index >= 15 is 0 Å². The molecule has 3 heteroatoms. The van der Waals surface area contributed by atoms with Gasteiger partial charge in [-0.1, -0.05) is 24.1 Å². The van der Waals surface area contributed by atoms with Gasteiger partial charge in [-0.3, -0.25) is 0 Å². The third-order valence-electron chi connectivity index (χ3n) is 4.93. The molecule has 1 aliphatic carbocycles. The van der Waals surface area contributed by atoms with Crippen molar-refractivity contribution in [3.63, 3.8) is 0 Å². The molecule has 0 unspecified atom stereocenters. The Bertz CT molecular complexity index is 310. The van der Waals surface area contributed by atoms with Gasteiger partial charge in [-0.2, -0.15) is 0 Å². The van der Waals surface area contributed by atoms with Gasteiger partial charge in [-0.25, -0.2) is 0 Å². The molecule has 0 aromatic heterocycles. The molecule has 0 spiro atoms. The summed E-state index contributed by atoms with van der Waals surface area (Å²) >= 11 is 6.16. The third kappa shape index (κ3) is 3.09. The molecule has 2 atom stereocenters. The zero-order chi connectivity index (χ0) is 12.4. The second-order valence-electron chi connectivity index (χ2n) is 6.27. The van der Waals surface area contributed by atoms with Gasteiger partial charge in [0.2, 0.25) is 0 Å². The molecule has 2 saturated heterocycles. The van der Waals surface area contributed by atoms with E-state index in [0.29, 0.717) is 0 Å². The molecule has 0 saturated carbocycles. The Morgan fingerprint density at radius 2 is 1.72 bits per heavy atom. The van der Waals surface area contributed by atoms with Crippen molar-refractivity contribution in [3.8, 4) is 0 Å². The van der Waals surface area contributed by atoms with E-state index in [1.54, 1.807) is 0 Å². The number of piperidine rings is 1. The fourth-order valence-electron chi connectivity index (χ4n) is 3.80. The standard InChI is InChI=1S/C15H25ClN2/c16-15-5-4-13-11-18(12-14(13)10-15)9-8-17-6-2-1-3-7-17/h5,13-14H,1-4,6-12H2/t13-,14+/m0/s1. The zero-order valence-electron chi connectivity index (χ0n) is 11.3. The predicted molar refractivity (Wildman–Crippen MR) is 76.9 cm³/mol. The molecule has 0 aromatic carbocycles. The van der Waals surface area contributed by atoms with Crippen molar-refractivity contribution in [2.75, 3.05) is 39.3 Å². The highest BCUT2D eigenvalue weighted by molar-refractivity contribution is 6.29. The number of halogens is 1. The van der Waals surface area contributed by atoms with E-state index in [1.807, 2.05) is 0 Å². The van der Waals surface area contributed by atoms with Gasteiger partial charge in [-0.15, -0.1) is 0 Å². The lowest BCUT2D eigenvalue weighted by Crippen LogP contribution is -2.37. The highest BCUT2D eigenvalue weighted by Gasteiger charge is 2.34. The van der Waals surface area contributed by atoms with Gasteiger partial charge >= 0.3 is 0 Å². The fourth-order valence-corrected chi connectivity index (χ4v) is 4.08. The van der Waals surface area contributed by atoms with Crippen LogP contribution in [0.1, 0.15) is 32.1 Å². The first-order valence-corrected chi connectivity index (χ1v) is 7.98. The topological polar surface area (TPSA) is 6.48 Å². The van der Waals surface area contributed by atoms with Crippen LogP contribution in [0.15, 0.2) is 11.1 Å². The molecule has 2 heterocycles. The first kappa shape index (κ1) is 13.0. The first-order valence-electron chi connectivity index (χ1n) is 7.60. The quantitative estimate of drug-likeness (QED) is 0.777. The Kier molecular flexibility index (Phi) is 4.27. The maximum atomic E-state index is 6.16. The summed E-state index contributed by atoms with van der Waals surface area (Å²) in [5.41, 5.74) is 0. The van der Waals surface area contributed by atoms with Crippen molar-refractivity contribution < 1.29 is 0 Å². The van der Waals surface area contributed by atoms with Crippen LogP contribution in [0.5, 0.6) is 0 Å². The van der Waals surface area contributed by atoms with E-state index in [9.17, 15) is 0 Å². The van der Waals surface area contributed by atoms with Crippen molar-refractivity contribution in [3.05, 3.63) is 11.1 Å². The molecule has 3 aliphatic rings. The van der Waals surface area contributed by atoms with Gasteiger partial charge in [0, 0.05) is 31.2 Å². The van der Waals surface area contributed by atoms with Crippen molar-refractivity contribution in [2.24, 2.45) is 11.8 Å². The van der Waals surface area contributed by atoms with Crippen LogP contribution in [-0.4, -0.2) is 49.1 Å². The van der Waals surface area contributed by atoms with E-state index in [2.05, 4.69) is 15.9 Å². The average molecular weight is 269 g/mol. The minimum atomic E-state index is 0.837. The third-order valence-corrected chi connectivity index (χ3v) is 5.24. The van der Waals surface area contributed by atoms with E-state index in [1.165, 1.54) is 65.0 Å². The number of hydrogen-bond donors (Lipinski definition) is 0. The molecular formula is C15H25ClN2. The van der Waals surface area contributed by atoms with E-state index < -0.39 is 0 Å². The molecule has 0 N–H and O–H groups in total. The Morgan fingerprint density at radius 1 is 1.00 bits per heavy atom. The lowest BCUT2D eigenvalue weighted by atomic mass is 9.86. The van der Waals surface area contributed by atoms with Crippen LogP contribution in [0.2, 0.25) is 0 Å². The van der Waals surface area contributed by atoms with Crippen molar-refractivity contribution in [2.45, 2.75) is 32.1 Å². The minimum absolute atomic E-state index is 0.837. The van der Waals surface area contributed by atoms with Crippen LogP contribution >= 0.6 is 11.6 Å². The van der Waals surface area contributed by atoms with Gasteiger partial charge in [0.05, 0.1) is 0 Å². The molecule has 0 bridgehead atoms. The lowest BCUT2D eigenvalue weighted by Gasteiger charge is -2.28. The maximum Gasteiger partial charge on any atom is 0.0144 e. The van der Waals surface area contributed by atoms with Gasteiger partial charge < -0.3 is 9.80 Å². The molecule has 2 fully saturated rings. The second-order valence-corrected chi connectivity index (χ2v) is 6.76. The summed E-state index contributed by atoms with van der Waals surface area (Å²) in [5.74, 6) is 1.72. The molecule has 2 aliphatic heterocycles. The summed E-state index contributed by atoms with van der Waals surface area (Å²) in [7, 11) is 0. The Labute approximate surface area is 116 Å². The van der Waals surface area contributed by atoms with Crippen molar-refractivity contribution >= 4 is 11.6 Å². The van der Waals surface area contributed by atoms with Gasteiger partial charge in [0.1, 0.15) is 0 Å². The van der Waals surface area contributed by atoms with Crippen LogP contribution in [0.4, 0.5) is 0 Å². The summed E-state index contributed by atoms with van der Waals surface area (Å²) in [6.07, 6.45) is 8.84. The molecule has 0 amide bonds. The number of allylic oxidation sites excluding steroid dienone is 2. The predicted octanol–water partition coefficient (Wildman–Crippen LogP) is 2.94. The average Bonchev–Trinajstić information content (AvgIpc) is 2.79. The number of rotatable bonds is 3. The molecular weight excluding hydrogens is 244 g/mol. The summed E-state index contributed by atoms with van der Waals surface area (Å²) in [4.78, 5) is 5.32. The van der Waals surface area contributed by atoms with Crippen molar-refractivity contribution in [1.29, 1.82) is 0 Å². The lowest BCUT2D eigenvalue weighted by molar-refractivity contribution is 0.193. The van der Waals surface area contributed by atoms with Gasteiger partial charge in [-0.05, 0) is 50.6 Å². The zero-order valence-corrected chi connectivity index (χ0v) is 12.0. The van der Waals surface area contributed by atoms with E-state index in [0.717, 1.165) is 23.3 Å². The van der Waals surface area contributed by atoms with Gasteiger partial charge in [0.25, 0.3) is 0 Å². The molecule has 102 valence electrons. The van der Waals surface area contributed by atoms with Crippen LogP contribution < -0.4 is 0 Å². The van der Waals surface area contributed by atoms with Gasteiger partial charge in [0.15, 0.2) is 0 Å². The smallest absolute Gasteiger partial charge is 0.0144 e. The van der Waals surface area contributed by atoms with Crippen LogP contribution in [0.3, 0.4) is 0 Å². The summed E-state index contributed by atoms with van der Waals surface area (Å²) in [5, 5.41) is 1.11. The number of hydrogen-bond acceptors (Lipinski definition) is 2. The molecule has 2 nitrogen and oxygen atoms in total. The molecule has 3 rings (SSSR count). The highest BCUT2D eigenvalue weighted by atomic mass is 35.5. The summed E-state index contributed by atoms with van der Waals surface area (Å²) < 4.78 is 0. The SMILES string of the molecule is ClC1=CC[C@H]2CN(CCN3CCCCC3)C[C@H]2C1. The molecule has 18 heavy (non-hydrogen) atoms. The largest absolute Gasteiger partial charge is 0.302 e. The minimum Gasteiger partial charge on any atom is -0.302 e. The maximum absolute atomic E-state index is 6.16. The highest BCUT2D eigenvalue weighted by Crippen LogP contribution is 2.36. The summed E-state index contributed by atoms with van der Waals surface area (Å²) in [6, 6.07) is 0. The number of nitrogens with zero attached hydrogens (tertiary/aromatic N) is 2. The van der Waals surface area contributed by atoms with E-state index in [-0.39, 0.29) is 0 Å². The van der Waals surface area contributed by atoms with Crippen molar-refractivity contribution in [1.82, 2.24) is 9.80 Å². The monoisotopic (exact) mass is 268 g/mol. The van der Waals surface area contributed by atoms with Crippen LogP contribution in [-0.2, 0) is 0 Å². The Balaban J connectivity index is 1.43. The Morgan fingerprint density at radius 3 is 2.56 bits per heavy atom. The molecule has 0 radical (unpaired) electrons. The fraction of sp³-hybridized carbons (Fsp3) is 0.867. The van der Waals surface area contributed by atoms with Crippen LogP contribution in [0.25, 0.3) is 0 Å². The normalized spacial score (nSPS) is 34.4. The van der Waals surface area contributed by atoms with Crippen LogP contribution in [0, 0.1) is 11.8 Å². The summed E-state index contributed by atoms with van der Waals surface area (Å²) in [6.45, 7) is 7.79. The Hall–Kier alpha value is -0.0500. The first-order chi connectivity index (χ1) is 8.81. The second kappa shape index (κ2) is 5.94. The van der Waals surface area contributed by atoms with E-state index in [4.69, 9.17) is 11.6 Å². The number of likely N-dealkylation sites (tertiary alicyclic amines) is 2. The number of fused-ring (bicyclic) bond motifs is 1.